The Balaban J connectivity index is 2.17. The summed E-state index contributed by atoms with van der Waals surface area (Å²) in [5.74, 6) is 0.351. The minimum absolute atomic E-state index is 0.0293. The molecule has 1 aromatic carbocycles. The fourth-order valence-electron chi connectivity index (χ4n) is 2.60. The van der Waals surface area contributed by atoms with Gasteiger partial charge in [0.25, 0.3) is 5.69 Å². The lowest BCUT2D eigenvalue weighted by Gasteiger charge is -2.15. The van der Waals surface area contributed by atoms with Gasteiger partial charge >= 0.3 is 0 Å². The third-order valence-electron chi connectivity index (χ3n) is 3.95. The highest BCUT2D eigenvalue weighted by atomic mass is 16.6. The van der Waals surface area contributed by atoms with Crippen molar-refractivity contribution in [3.63, 3.8) is 0 Å². The maximum atomic E-state index is 10.9. The van der Waals surface area contributed by atoms with Crippen molar-refractivity contribution in [3.8, 4) is 5.75 Å². The van der Waals surface area contributed by atoms with Crippen LogP contribution in [0.15, 0.2) is 46.8 Å². The molecule has 26 heavy (non-hydrogen) atoms. The highest BCUT2D eigenvalue weighted by Gasteiger charge is 2.24. The van der Waals surface area contributed by atoms with Crippen LogP contribution in [0.5, 0.6) is 5.75 Å². The van der Waals surface area contributed by atoms with Crippen molar-refractivity contribution in [3.05, 3.63) is 57.9 Å². The quantitative estimate of drug-likeness (QED) is 0.407. The zero-order valence-electron chi connectivity index (χ0n) is 15.0. The lowest BCUT2D eigenvalue weighted by atomic mass is 9.92. The molecule has 2 heterocycles. The number of aromatic hydroxyl groups is 1. The molecular weight excluding hydrogens is 334 g/mol. The standard InChI is InChI=1S/C18H19N5O3/c1-11-6-5-9-22-16(11)19-15(18(2,3)4)17(22)21-20-13-10-12(23(25)26)7-8-14(13)24/h5-10,24H,1-4H3. The summed E-state index contributed by atoms with van der Waals surface area (Å²) in [7, 11) is 0. The fraction of sp³-hybridized carbons (Fsp3) is 0.278. The number of nitro groups is 1. The molecule has 8 nitrogen and oxygen atoms in total. The second-order valence-corrected chi connectivity index (χ2v) is 7.05. The van der Waals surface area contributed by atoms with Gasteiger partial charge in [0.1, 0.15) is 17.1 Å². The number of imidazole rings is 1. The van der Waals surface area contributed by atoms with Crippen LogP contribution in [0.4, 0.5) is 17.2 Å². The topological polar surface area (TPSA) is 105 Å². The Morgan fingerprint density at radius 3 is 2.62 bits per heavy atom. The molecule has 0 saturated heterocycles. The maximum Gasteiger partial charge on any atom is 0.271 e. The van der Waals surface area contributed by atoms with Crippen molar-refractivity contribution in [2.24, 2.45) is 10.2 Å². The number of hydrogen-bond donors (Lipinski definition) is 1. The molecular formula is C18H19N5O3. The first-order valence-corrected chi connectivity index (χ1v) is 8.06. The van der Waals surface area contributed by atoms with Gasteiger partial charge in [-0.2, -0.15) is 0 Å². The Hall–Kier alpha value is -3.29. The van der Waals surface area contributed by atoms with Gasteiger partial charge in [-0.15, -0.1) is 10.2 Å². The van der Waals surface area contributed by atoms with Crippen LogP contribution < -0.4 is 0 Å². The summed E-state index contributed by atoms with van der Waals surface area (Å²) < 4.78 is 1.83. The Labute approximate surface area is 150 Å². The van der Waals surface area contributed by atoms with Gasteiger partial charge in [0.15, 0.2) is 5.82 Å². The molecule has 0 bridgehead atoms. The van der Waals surface area contributed by atoms with E-state index >= 15 is 0 Å². The van der Waals surface area contributed by atoms with Crippen LogP contribution in [-0.4, -0.2) is 19.4 Å². The Morgan fingerprint density at radius 1 is 1.23 bits per heavy atom. The minimum Gasteiger partial charge on any atom is -0.506 e. The average molecular weight is 353 g/mol. The average Bonchev–Trinajstić information content (AvgIpc) is 2.94. The molecule has 0 spiro atoms. The summed E-state index contributed by atoms with van der Waals surface area (Å²) in [6.07, 6.45) is 1.84. The van der Waals surface area contributed by atoms with Crippen LogP contribution in [0.25, 0.3) is 5.65 Å². The number of hydrogen-bond acceptors (Lipinski definition) is 6. The monoisotopic (exact) mass is 353 g/mol. The molecule has 1 N–H and O–H groups in total. The number of azo groups is 1. The molecule has 134 valence electrons. The van der Waals surface area contributed by atoms with Crippen molar-refractivity contribution >= 4 is 22.8 Å². The molecule has 8 heteroatoms. The Kier molecular flexibility index (Phi) is 4.19. The largest absolute Gasteiger partial charge is 0.506 e. The molecule has 0 aliphatic carbocycles. The van der Waals surface area contributed by atoms with Crippen molar-refractivity contribution in [1.82, 2.24) is 9.38 Å². The molecule has 0 atom stereocenters. The van der Waals surface area contributed by atoms with E-state index in [0.717, 1.165) is 16.9 Å². The van der Waals surface area contributed by atoms with Crippen molar-refractivity contribution in [1.29, 1.82) is 0 Å². The molecule has 3 aromatic rings. The number of nitrogens with zero attached hydrogens (tertiary/aromatic N) is 5. The van der Waals surface area contributed by atoms with E-state index < -0.39 is 4.92 Å². The number of fused-ring (bicyclic) bond motifs is 1. The third-order valence-corrected chi connectivity index (χ3v) is 3.95. The Morgan fingerprint density at radius 2 is 1.96 bits per heavy atom. The molecule has 0 saturated carbocycles. The number of pyridine rings is 1. The smallest absolute Gasteiger partial charge is 0.271 e. The van der Waals surface area contributed by atoms with E-state index in [4.69, 9.17) is 4.98 Å². The molecule has 3 rings (SSSR count). The van der Waals surface area contributed by atoms with E-state index in [1.807, 2.05) is 50.4 Å². The molecule has 0 radical (unpaired) electrons. The predicted molar refractivity (Wildman–Crippen MR) is 97.6 cm³/mol. The van der Waals surface area contributed by atoms with Crippen LogP contribution in [0.1, 0.15) is 32.0 Å². The van der Waals surface area contributed by atoms with E-state index in [0.29, 0.717) is 5.82 Å². The van der Waals surface area contributed by atoms with Crippen LogP contribution in [0, 0.1) is 17.0 Å². The van der Waals surface area contributed by atoms with Crippen LogP contribution in [0.2, 0.25) is 0 Å². The van der Waals surface area contributed by atoms with Gasteiger partial charge in [0.2, 0.25) is 0 Å². The number of aryl methyl sites for hydroxylation is 1. The molecule has 0 amide bonds. The third kappa shape index (κ3) is 3.13. The highest BCUT2D eigenvalue weighted by molar-refractivity contribution is 5.60. The molecule has 2 aromatic heterocycles. The fourth-order valence-corrected chi connectivity index (χ4v) is 2.60. The summed E-state index contributed by atoms with van der Waals surface area (Å²) in [5, 5.41) is 29.2. The summed E-state index contributed by atoms with van der Waals surface area (Å²) >= 11 is 0. The summed E-state index contributed by atoms with van der Waals surface area (Å²) in [4.78, 5) is 15.1. The number of rotatable bonds is 3. The van der Waals surface area contributed by atoms with Crippen molar-refractivity contribution in [2.45, 2.75) is 33.1 Å². The predicted octanol–water partition coefficient (Wildman–Crippen LogP) is 4.97. The zero-order chi connectivity index (χ0) is 19.1. The minimum atomic E-state index is -0.545. The van der Waals surface area contributed by atoms with E-state index in [1.165, 1.54) is 18.2 Å². The first-order valence-electron chi connectivity index (χ1n) is 8.06. The van der Waals surface area contributed by atoms with Gasteiger partial charge in [0.05, 0.1) is 10.6 Å². The highest BCUT2D eigenvalue weighted by Crippen LogP contribution is 2.36. The summed E-state index contributed by atoms with van der Waals surface area (Å²) in [5.41, 5.74) is 2.11. The van der Waals surface area contributed by atoms with Gasteiger partial charge in [-0.25, -0.2) is 4.98 Å². The van der Waals surface area contributed by atoms with E-state index in [-0.39, 0.29) is 22.5 Å². The van der Waals surface area contributed by atoms with Gasteiger partial charge in [-0.05, 0) is 24.6 Å². The SMILES string of the molecule is Cc1cccn2c(N=Nc3cc([N+](=O)[O-])ccc3O)c(C(C)(C)C)nc12. The summed E-state index contributed by atoms with van der Waals surface area (Å²) in [6, 6.07) is 7.48. The van der Waals surface area contributed by atoms with Gasteiger partial charge in [-0.1, -0.05) is 26.8 Å². The first-order chi connectivity index (χ1) is 12.2. The molecule has 0 unspecified atom stereocenters. The molecule has 0 fully saturated rings. The summed E-state index contributed by atoms with van der Waals surface area (Å²) in [6.45, 7) is 8.03. The van der Waals surface area contributed by atoms with Crippen LogP contribution in [0.3, 0.4) is 0 Å². The van der Waals surface area contributed by atoms with E-state index in [9.17, 15) is 15.2 Å². The second-order valence-electron chi connectivity index (χ2n) is 7.05. The van der Waals surface area contributed by atoms with Crippen LogP contribution >= 0.6 is 0 Å². The van der Waals surface area contributed by atoms with Crippen LogP contribution in [-0.2, 0) is 5.41 Å². The van der Waals surface area contributed by atoms with Gasteiger partial charge in [-0.3, -0.25) is 14.5 Å². The second kappa shape index (κ2) is 6.21. The van der Waals surface area contributed by atoms with Crippen molar-refractivity contribution in [2.75, 3.05) is 0 Å². The number of phenols is 1. The number of phenolic OH excluding ortho intramolecular Hbond substituents is 1. The van der Waals surface area contributed by atoms with Gasteiger partial charge in [0, 0.05) is 23.7 Å². The number of nitro benzene ring substituents is 1. The molecule has 0 aliphatic rings. The lowest BCUT2D eigenvalue weighted by molar-refractivity contribution is -0.384. The van der Waals surface area contributed by atoms with Gasteiger partial charge < -0.3 is 5.11 Å². The number of aromatic nitrogens is 2. The maximum absolute atomic E-state index is 10.9. The molecule has 0 aliphatic heterocycles. The zero-order valence-corrected chi connectivity index (χ0v) is 15.0. The van der Waals surface area contributed by atoms with Crippen molar-refractivity contribution < 1.29 is 10.0 Å². The lowest BCUT2D eigenvalue weighted by Crippen LogP contribution is -2.11. The number of non-ortho nitro benzene ring substituents is 1. The number of benzene rings is 1. The normalized spacial score (nSPS) is 12.2. The first kappa shape index (κ1) is 17.5. The Bertz CT molecular complexity index is 1030. The van der Waals surface area contributed by atoms with E-state index in [1.54, 1.807) is 0 Å². The van der Waals surface area contributed by atoms with E-state index in [2.05, 4.69) is 10.2 Å².